The van der Waals surface area contributed by atoms with Crippen molar-refractivity contribution in [1.29, 1.82) is 0 Å². The van der Waals surface area contributed by atoms with Crippen LogP contribution in [0.1, 0.15) is 79.4 Å². The Balaban J connectivity index is 2.43. The number of rotatable bonds is 7. The lowest BCUT2D eigenvalue weighted by atomic mass is 10.0. The third-order valence-electron chi connectivity index (χ3n) is 5.33. The van der Waals surface area contributed by atoms with Crippen molar-refractivity contribution in [3.63, 3.8) is 0 Å². The topological polar surface area (TPSA) is 60.4 Å². The van der Waals surface area contributed by atoms with E-state index in [9.17, 15) is 14.2 Å². The second-order valence-electron chi connectivity index (χ2n) is 7.71. The second kappa shape index (κ2) is 8.52. The number of hydrogen-bond acceptors (Lipinski definition) is 4. The van der Waals surface area contributed by atoms with Crippen molar-refractivity contribution in [1.82, 2.24) is 0 Å². The Morgan fingerprint density at radius 3 is 2.19 bits per heavy atom. The fourth-order valence-electron chi connectivity index (χ4n) is 3.97. The van der Waals surface area contributed by atoms with E-state index < -0.39 is 18.9 Å². The van der Waals surface area contributed by atoms with Crippen LogP contribution in [0.3, 0.4) is 0 Å². The summed E-state index contributed by atoms with van der Waals surface area (Å²) in [7, 11) is -3.77. The van der Waals surface area contributed by atoms with E-state index in [0.29, 0.717) is 24.8 Å². The van der Waals surface area contributed by atoms with Gasteiger partial charge in [0.25, 0.3) is 5.52 Å². The van der Waals surface area contributed by atoms with Crippen LogP contribution >= 0.6 is 7.37 Å². The third kappa shape index (κ3) is 4.28. The van der Waals surface area contributed by atoms with Crippen LogP contribution in [0.4, 0.5) is 0 Å². The normalized spacial score (nSPS) is 18.3. The second-order valence-corrected chi connectivity index (χ2v) is 10.2. The molecule has 26 heavy (non-hydrogen) atoms. The van der Waals surface area contributed by atoms with Gasteiger partial charge in [0.2, 0.25) is 0 Å². The summed E-state index contributed by atoms with van der Waals surface area (Å²) < 4.78 is 19.4. The maximum atomic E-state index is 13.8. The standard InChI is InChI=1S/C21H31O4P/c1-6-9-15(3)20(22)25-26(24,18-10-7-8-11-18)21(23)19-16(4)12-14(2)13-17(19)5/h12-13,15,18H,6-11H2,1-5H3. The van der Waals surface area contributed by atoms with Crippen LogP contribution in [0, 0.1) is 26.7 Å². The molecule has 2 unspecified atom stereocenters. The Labute approximate surface area is 157 Å². The monoisotopic (exact) mass is 378 g/mol. The fourth-order valence-corrected chi connectivity index (χ4v) is 6.69. The van der Waals surface area contributed by atoms with Crippen molar-refractivity contribution in [2.45, 2.75) is 78.8 Å². The zero-order valence-corrected chi connectivity index (χ0v) is 17.5. The minimum atomic E-state index is -3.77. The first kappa shape index (κ1) is 20.9. The molecule has 5 heteroatoms. The molecule has 0 spiro atoms. The largest absolute Gasteiger partial charge is 0.405 e. The van der Waals surface area contributed by atoms with Gasteiger partial charge in [-0.1, -0.05) is 50.8 Å². The van der Waals surface area contributed by atoms with Crippen LogP contribution in [0.25, 0.3) is 0 Å². The van der Waals surface area contributed by atoms with Gasteiger partial charge in [0.15, 0.2) is 0 Å². The maximum Gasteiger partial charge on any atom is 0.321 e. The zero-order chi connectivity index (χ0) is 19.5. The molecule has 0 bridgehead atoms. The Bertz CT molecular complexity index is 709. The van der Waals surface area contributed by atoms with Gasteiger partial charge in [0.05, 0.1) is 11.6 Å². The third-order valence-corrected chi connectivity index (χ3v) is 8.05. The van der Waals surface area contributed by atoms with Crippen LogP contribution in [0.2, 0.25) is 0 Å². The molecule has 4 nitrogen and oxygen atoms in total. The predicted octanol–water partition coefficient (Wildman–Crippen LogP) is 5.95. The molecule has 144 valence electrons. The van der Waals surface area contributed by atoms with Crippen LogP contribution in [-0.2, 0) is 13.9 Å². The molecule has 0 amide bonds. The predicted molar refractivity (Wildman–Crippen MR) is 105 cm³/mol. The quantitative estimate of drug-likeness (QED) is 0.550. The van der Waals surface area contributed by atoms with Gasteiger partial charge >= 0.3 is 13.3 Å². The van der Waals surface area contributed by atoms with E-state index in [1.54, 1.807) is 6.92 Å². The average molecular weight is 378 g/mol. The SMILES string of the molecule is CCCC(C)C(=O)OP(=O)(C(=O)c1c(C)cc(C)cc1C)C1CCCC1. The summed E-state index contributed by atoms with van der Waals surface area (Å²) in [5.74, 6) is -0.847. The maximum absolute atomic E-state index is 13.8. The lowest BCUT2D eigenvalue weighted by Gasteiger charge is -2.25. The summed E-state index contributed by atoms with van der Waals surface area (Å²) in [5.41, 5.74) is 2.29. The summed E-state index contributed by atoms with van der Waals surface area (Å²) in [4.78, 5) is 25.9. The van der Waals surface area contributed by atoms with Gasteiger partial charge in [0.1, 0.15) is 0 Å². The van der Waals surface area contributed by atoms with Crippen LogP contribution in [0.5, 0.6) is 0 Å². The van der Waals surface area contributed by atoms with Crippen molar-refractivity contribution in [3.05, 3.63) is 34.4 Å². The molecule has 0 radical (unpaired) electrons. The van der Waals surface area contributed by atoms with Crippen molar-refractivity contribution in [3.8, 4) is 0 Å². The van der Waals surface area contributed by atoms with Crippen molar-refractivity contribution in [2.75, 3.05) is 0 Å². The first-order valence-electron chi connectivity index (χ1n) is 9.66. The molecule has 2 atom stereocenters. The van der Waals surface area contributed by atoms with Gasteiger partial charge in [-0.3, -0.25) is 14.2 Å². The van der Waals surface area contributed by atoms with Gasteiger partial charge in [-0.2, -0.15) is 0 Å². The molecule has 1 saturated carbocycles. The van der Waals surface area contributed by atoms with E-state index in [-0.39, 0.29) is 11.6 Å². The number of benzene rings is 1. The summed E-state index contributed by atoms with van der Waals surface area (Å²) in [6.45, 7) is 9.45. The summed E-state index contributed by atoms with van der Waals surface area (Å²) >= 11 is 0. The smallest absolute Gasteiger partial charge is 0.321 e. The highest BCUT2D eigenvalue weighted by Gasteiger charge is 2.47. The first-order valence-corrected chi connectivity index (χ1v) is 11.4. The Kier molecular flexibility index (Phi) is 6.85. The fraction of sp³-hybridized carbons (Fsp3) is 0.619. The van der Waals surface area contributed by atoms with Crippen molar-refractivity contribution >= 4 is 18.9 Å². The minimum absolute atomic E-state index is 0.340. The van der Waals surface area contributed by atoms with Crippen molar-refractivity contribution < 1.29 is 18.7 Å². The number of carbonyl (C=O) groups is 2. The lowest BCUT2D eigenvalue weighted by Crippen LogP contribution is -2.22. The molecular formula is C21H31O4P. The zero-order valence-electron chi connectivity index (χ0n) is 16.6. The Hall–Kier alpha value is -1.41. The summed E-state index contributed by atoms with van der Waals surface area (Å²) in [6, 6.07) is 3.83. The molecule has 1 aromatic carbocycles. The van der Waals surface area contributed by atoms with Crippen LogP contribution < -0.4 is 0 Å². The van der Waals surface area contributed by atoms with Crippen LogP contribution in [0.15, 0.2) is 12.1 Å². The van der Waals surface area contributed by atoms with E-state index in [2.05, 4.69) is 0 Å². The highest BCUT2D eigenvalue weighted by atomic mass is 31.2. The summed E-state index contributed by atoms with van der Waals surface area (Å²) in [6.07, 6.45) is 4.73. The Morgan fingerprint density at radius 2 is 1.69 bits per heavy atom. The molecule has 0 heterocycles. The minimum Gasteiger partial charge on any atom is -0.405 e. The van der Waals surface area contributed by atoms with Gasteiger partial charge < -0.3 is 4.52 Å². The molecular weight excluding hydrogens is 347 g/mol. The van der Waals surface area contributed by atoms with Crippen molar-refractivity contribution in [2.24, 2.45) is 5.92 Å². The van der Waals surface area contributed by atoms with Gasteiger partial charge in [-0.25, -0.2) is 0 Å². The van der Waals surface area contributed by atoms with Gasteiger partial charge in [0, 0.05) is 5.56 Å². The summed E-state index contributed by atoms with van der Waals surface area (Å²) in [5, 5.41) is 0. The highest BCUT2D eigenvalue weighted by molar-refractivity contribution is 7.78. The highest BCUT2D eigenvalue weighted by Crippen LogP contribution is 2.60. The van der Waals surface area contributed by atoms with E-state index in [0.717, 1.165) is 36.0 Å². The van der Waals surface area contributed by atoms with E-state index in [1.165, 1.54) is 0 Å². The molecule has 1 aliphatic carbocycles. The molecule has 0 aliphatic heterocycles. The van der Waals surface area contributed by atoms with Gasteiger partial charge in [-0.15, -0.1) is 0 Å². The molecule has 0 aromatic heterocycles. The molecule has 1 aromatic rings. The molecule has 0 N–H and O–H groups in total. The van der Waals surface area contributed by atoms with E-state index in [1.807, 2.05) is 39.8 Å². The van der Waals surface area contributed by atoms with E-state index >= 15 is 0 Å². The first-order chi connectivity index (χ1) is 12.2. The number of carbonyl (C=O) groups excluding carboxylic acids is 2. The number of aryl methyl sites for hydroxylation is 3. The molecule has 2 rings (SSSR count). The average Bonchev–Trinajstić information content (AvgIpc) is 3.08. The molecule has 1 fully saturated rings. The van der Waals surface area contributed by atoms with Crippen LogP contribution in [-0.4, -0.2) is 17.2 Å². The van der Waals surface area contributed by atoms with Gasteiger partial charge in [-0.05, 0) is 51.2 Å². The molecule has 1 aliphatic rings. The molecule has 0 saturated heterocycles. The lowest BCUT2D eigenvalue weighted by molar-refractivity contribution is -0.138. The number of hydrogen-bond donors (Lipinski definition) is 0. The Morgan fingerprint density at radius 1 is 1.15 bits per heavy atom. The van der Waals surface area contributed by atoms with E-state index in [4.69, 9.17) is 4.52 Å².